The topological polar surface area (TPSA) is 128 Å². The van der Waals surface area contributed by atoms with Gasteiger partial charge < -0.3 is 20.9 Å². The molecule has 0 aliphatic heterocycles. The number of rotatable bonds is 7. The van der Waals surface area contributed by atoms with Crippen molar-refractivity contribution in [2.24, 2.45) is 11.3 Å². The molecule has 0 bridgehead atoms. The van der Waals surface area contributed by atoms with Gasteiger partial charge >= 0.3 is 5.97 Å². The fourth-order valence-electron chi connectivity index (χ4n) is 4.68. The summed E-state index contributed by atoms with van der Waals surface area (Å²) >= 11 is 0. The number of halogens is 2. The van der Waals surface area contributed by atoms with Crippen LogP contribution in [0.3, 0.4) is 0 Å². The molecule has 2 aliphatic rings. The Morgan fingerprint density at radius 1 is 1.38 bits per heavy atom. The highest BCUT2D eigenvalue weighted by atomic mass is 19.3. The molecule has 0 saturated heterocycles. The minimum atomic E-state index is -2.51. The van der Waals surface area contributed by atoms with Crippen LogP contribution < -0.4 is 15.8 Å². The Bertz CT molecular complexity index is 1220. The Balaban J connectivity index is 1.38. The first kappa shape index (κ1) is 20.4. The number of aromatic nitrogens is 4. The maximum Gasteiger partial charge on any atom is 0.335 e. The molecule has 0 unspecified atom stereocenters. The summed E-state index contributed by atoms with van der Waals surface area (Å²) in [7, 11) is 1.47. The van der Waals surface area contributed by atoms with Gasteiger partial charge in [-0.25, -0.2) is 18.6 Å². The van der Waals surface area contributed by atoms with Crippen LogP contribution in [0.2, 0.25) is 0 Å². The zero-order chi connectivity index (χ0) is 22.7. The van der Waals surface area contributed by atoms with E-state index in [2.05, 4.69) is 20.4 Å². The Morgan fingerprint density at radius 3 is 2.78 bits per heavy atom. The van der Waals surface area contributed by atoms with E-state index >= 15 is 0 Å². The largest absolute Gasteiger partial charge is 0.496 e. The molecular weight excluding hydrogens is 422 g/mol. The van der Waals surface area contributed by atoms with Crippen molar-refractivity contribution in [1.82, 2.24) is 19.7 Å². The first-order valence-corrected chi connectivity index (χ1v) is 10.2. The van der Waals surface area contributed by atoms with Crippen LogP contribution in [0.1, 0.15) is 35.2 Å². The highest BCUT2D eigenvalue weighted by Gasteiger charge is 2.75. The van der Waals surface area contributed by atoms with Crippen molar-refractivity contribution in [2.75, 3.05) is 24.7 Å². The van der Waals surface area contributed by atoms with Crippen LogP contribution in [0.4, 0.5) is 20.5 Å². The normalized spacial score (nSPS) is 23.2. The number of ether oxygens (including phenoxy) is 1. The molecule has 2 aliphatic carbocycles. The first-order valence-electron chi connectivity index (χ1n) is 10.2. The predicted molar refractivity (Wildman–Crippen MR) is 112 cm³/mol. The zero-order valence-electron chi connectivity index (χ0n) is 17.3. The van der Waals surface area contributed by atoms with Crippen molar-refractivity contribution in [3.05, 3.63) is 35.5 Å². The number of nitrogens with one attached hydrogen (secondary N) is 1. The van der Waals surface area contributed by atoms with Crippen LogP contribution in [0.15, 0.2) is 24.4 Å². The van der Waals surface area contributed by atoms with Gasteiger partial charge in [0.25, 0.3) is 5.92 Å². The third kappa shape index (κ3) is 3.28. The van der Waals surface area contributed by atoms with Gasteiger partial charge in [-0.15, -0.1) is 0 Å². The van der Waals surface area contributed by atoms with Gasteiger partial charge in [0, 0.05) is 23.9 Å². The molecule has 9 nitrogen and oxygen atoms in total. The third-order valence-electron chi connectivity index (χ3n) is 6.49. The van der Waals surface area contributed by atoms with E-state index in [1.54, 1.807) is 16.9 Å². The molecule has 1 aromatic carbocycles. The van der Waals surface area contributed by atoms with Crippen molar-refractivity contribution >= 4 is 28.8 Å². The van der Waals surface area contributed by atoms with Crippen LogP contribution in [0.5, 0.6) is 5.75 Å². The lowest BCUT2D eigenvalue weighted by Gasteiger charge is -2.36. The molecule has 0 radical (unpaired) electrons. The summed E-state index contributed by atoms with van der Waals surface area (Å²) in [5, 5.41) is 16.8. The van der Waals surface area contributed by atoms with Crippen LogP contribution in [-0.2, 0) is 6.54 Å². The molecule has 1 spiro atoms. The minimum Gasteiger partial charge on any atom is -0.496 e. The van der Waals surface area contributed by atoms with Crippen molar-refractivity contribution < 1.29 is 23.4 Å². The summed E-state index contributed by atoms with van der Waals surface area (Å²) in [6.07, 6.45) is 2.57. The number of carboxylic acids is 1. The first-order chi connectivity index (χ1) is 15.2. The Morgan fingerprint density at radius 2 is 2.12 bits per heavy atom. The summed E-state index contributed by atoms with van der Waals surface area (Å²) in [6, 6.07) is 4.63. The molecule has 2 aromatic heterocycles. The number of fused-ring (bicyclic) bond motifs is 1. The van der Waals surface area contributed by atoms with Gasteiger partial charge in [-0.2, -0.15) is 10.1 Å². The molecular formula is C21H22F2N6O3. The van der Waals surface area contributed by atoms with E-state index in [1.807, 2.05) is 0 Å². The monoisotopic (exact) mass is 444 g/mol. The number of hydrogen-bond donors (Lipinski definition) is 3. The Labute approximate surface area is 181 Å². The predicted octanol–water partition coefficient (Wildman–Crippen LogP) is 3.01. The Hall–Kier alpha value is -3.50. The molecule has 32 heavy (non-hydrogen) atoms. The fraction of sp³-hybridized carbons (Fsp3) is 0.429. The number of aromatic carboxylic acids is 1. The quantitative estimate of drug-likeness (QED) is 0.507. The molecule has 3 aromatic rings. The van der Waals surface area contributed by atoms with E-state index in [-0.39, 0.29) is 30.4 Å². The lowest BCUT2D eigenvalue weighted by molar-refractivity contribution is 0.00528. The number of nitrogens with two attached hydrogens (primary N) is 1. The minimum absolute atomic E-state index is 0.00350. The van der Waals surface area contributed by atoms with E-state index < -0.39 is 17.3 Å². The summed E-state index contributed by atoms with van der Waals surface area (Å²) in [4.78, 5) is 19.8. The Kier molecular flexibility index (Phi) is 4.47. The van der Waals surface area contributed by atoms with Crippen molar-refractivity contribution in [3.63, 3.8) is 0 Å². The van der Waals surface area contributed by atoms with Gasteiger partial charge in [-0.1, -0.05) is 6.07 Å². The highest BCUT2D eigenvalue weighted by molar-refractivity contribution is 5.88. The summed E-state index contributed by atoms with van der Waals surface area (Å²) in [6.45, 7) is 0.790. The van der Waals surface area contributed by atoms with Crippen molar-refractivity contribution in [1.29, 1.82) is 0 Å². The van der Waals surface area contributed by atoms with Crippen molar-refractivity contribution in [3.8, 4) is 5.75 Å². The number of nitrogens with zero attached hydrogens (tertiary/aromatic N) is 4. The molecule has 5 rings (SSSR count). The number of methoxy groups -OCH3 is 1. The number of hydrogen-bond acceptors (Lipinski definition) is 7. The van der Waals surface area contributed by atoms with Gasteiger partial charge in [0.05, 0.1) is 25.4 Å². The second-order valence-corrected chi connectivity index (χ2v) is 8.61. The standard InChI is InChI=1S/C21H22F2N6O3/c1-32-15-4-12(18(30)31)2-3-13(15)9-29-16-14(8-26-29)27-19(24)28-17(16)25-7-11-5-20(6-11)10-21(20,22)23/h2-4,8,11H,5-7,9-10H2,1H3,(H,30,31)(H3,24,25,27,28). The van der Waals surface area contributed by atoms with Crippen molar-refractivity contribution in [2.45, 2.75) is 31.7 Å². The third-order valence-corrected chi connectivity index (χ3v) is 6.49. The number of nitrogen functional groups attached to an aromatic ring is 1. The van der Waals surface area contributed by atoms with Gasteiger partial charge in [0.2, 0.25) is 5.95 Å². The van der Waals surface area contributed by atoms with Gasteiger partial charge in [0.1, 0.15) is 16.8 Å². The van der Waals surface area contributed by atoms with E-state index in [0.717, 1.165) is 5.56 Å². The van der Waals surface area contributed by atoms with Gasteiger partial charge in [-0.05, 0) is 30.9 Å². The molecule has 0 amide bonds. The highest BCUT2D eigenvalue weighted by Crippen LogP contribution is 2.72. The zero-order valence-corrected chi connectivity index (χ0v) is 17.3. The maximum absolute atomic E-state index is 13.5. The molecule has 0 atom stereocenters. The summed E-state index contributed by atoms with van der Waals surface area (Å²) < 4.78 is 34.0. The SMILES string of the molecule is COc1cc(C(=O)O)ccc1Cn1ncc2nc(N)nc(NCC3CC4(C3)CC4(F)F)c21. The lowest BCUT2D eigenvalue weighted by Crippen LogP contribution is -2.34. The fourth-order valence-corrected chi connectivity index (χ4v) is 4.68. The molecule has 4 N–H and O–H groups in total. The molecule has 11 heteroatoms. The number of anilines is 2. The average Bonchev–Trinajstić information content (AvgIpc) is 3.08. The number of benzene rings is 1. The molecule has 2 heterocycles. The van der Waals surface area contributed by atoms with Gasteiger partial charge in [-0.3, -0.25) is 4.68 Å². The molecule has 2 saturated carbocycles. The average molecular weight is 444 g/mol. The number of alkyl halides is 2. The van der Waals surface area contributed by atoms with Crippen LogP contribution >= 0.6 is 0 Å². The van der Waals surface area contributed by atoms with E-state index in [0.29, 0.717) is 42.0 Å². The van der Waals surface area contributed by atoms with Crippen LogP contribution in [0, 0.1) is 11.3 Å². The molecule has 2 fully saturated rings. The van der Waals surface area contributed by atoms with Crippen LogP contribution in [-0.4, -0.2) is 50.4 Å². The van der Waals surface area contributed by atoms with Gasteiger partial charge in [0.15, 0.2) is 5.82 Å². The summed E-state index contributed by atoms with van der Waals surface area (Å²) in [5.74, 6) is -2.42. The lowest BCUT2D eigenvalue weighted by atomic mass is 9.71. The maximum atomic E-state index is 13.5. The second kappa shape index (κ2) is 7.01. The smallest absolute Gasteiger partial charge is 0.335 e. The number of carboxylic acid groups (broad SMARTS) is 1. The second-order valence-electron chi connectivity index (χ2n) is 8.61. The number of carbonyl (C=O) groups is 1. The van der Waals surface area contributed by atoms with Crippen LogP contribution in [0.25, 0.3) is 11.0 Å². The molecule has 168 valence electrons. The van der Waals surface area contributed by atoms with E-state index in [9.17, 15) is 18.7 Å². The summed E-state index contributed by atoms with van der Waals surface area (Å²) in [5.41, 5.74) is 7.07. The van der Waals surface area contributed by atoms with E-state index in [4.69, 9.17) is 10.5 Å². The van der Waals surface area contributed by atoms with E-state index in [1.165, 1.54) is 19.2 Å².